The SMILES string of the molecule is OCCN(Cc1ccsc1)Cc1cnc[nH]1. The van der Waals surface area contributed by atoms with Crippen LogP contribution in [0.5, 0.6) is 0 Å². The number of aromatic amines is 1. The Morgan fingerprint density at radius 3 is 3.00 bits per heavy atom. The molecule has 0 saturated carbocycles. The van der Waals surface area contributed by atoms with Crippen LogP contribution in [0.2, 0.25) is 0 Å². The lowest BCUT2D eigenvalue weighted by molar-refractivity contribution is 0.183. The van der Waals surface area contributed by atoms with E-state index >= 15 is 0 Å². The minimum atomic E-state index is 0.179. The Kier molecular flexibility index (Phi) is 4.10. The van der Waals surface area contributed by atoms with Gasteiger partial charge in [-0.3, -0.25) is 4.90 Å². The Balaban J connectivity index is 1.94. The lowest BCUT2D eigenvalue weighted by atomic mass is 10.3. The number of rotatable bonds is 6. The summed E-state index contributed by atoms with van der Waals surface area (Å²) in [5.41, 5.74) is 2.36. The molecule has 2 aromatic rings. The Bertz CT molecular complexity index is 349. The van der Waals surface area contributed by atoms with Gasteiger partial charge < -0.3 is 10.1 Å². The molecule has 86 valence electrons. The number of aliphatic hydroxyl groups excluding tert-OH is 1. The quantitative estimate of drug-likeness (QED) is 0.800. The number of aliphatic hydroxyl groups is 1. The molecule has 4 nitrogen and oxygen atoms in total. The van der Waals surface area contributed by atoms with E-state index in [4.69, 9.17) is 5.11 Å². The van der Waals surface area contributed by atoms with Crippen molar-refractivity contribution in [1.82, 2.24) is 14.9 Å². The third-order valence-corrected chi connectivity index (χ3v) is 3.08. The van der Waals surface area contributed by atoms with Crippen molar-refractivity contribution in [2.24, 2.45) is 0 Å². The number of hydrogen-bond acceptors (Lipinski definition) is 4. The van der Waals surface area contributed by atoms with E-state index in [1.54, 1.807) is 17.7 Å². The molecule has 0 aliphatic heterocycles. The molecule has 0 aromatic carbocycles. The van der Waals surface area contributed by atoms with E-state index in [9.17, 15) is 0 Å². The summed E-state index contributed by atoms with van der Waals surface area (Å²) in [6.07, 6.45) is 3.50. The average molecular weight is 237 g/mol. The normalized spacial score (nSPS) is 11.1. The Hall–Kier alpha value is -1.17. The van der Waals surface area contributed by atoms with Crippen molar-refractivity contribution >= 4 is 11.3 Å². The van der Waals surface area contributed by atoms with Gasteiger partial charge in [0.2, 0.25) is 0 Å². The van der Waals surface area contributed by atoms with Crippen LogP contribution < -0.4 is 0 Å². The van der Waals surface area contributed by atoms with Gasteiger partial charge in [-0.2, -0.15) is 11.3 Å². The van der Waals surface area contributed by atoms with Crippen LogP contribution in [0.4, 0.5) is 0 Å². The van der Waals surface area contributed by atoms with Crippen LogP contribution in [0, 0.1) is 0 Å². The van der Waals surface area contributed by atoms with Crippen molar-refractivity contribution in [1.29, 1.82) is 0 Å². The summed E-state index contributed by atoms with van der Waals surface area (Å²) >= 11 is 1.70. The lowest BCUT2D eigenvalue weighted by Gasteiger charge is -2.19. The maximum Gasteiger partial charge on any atom is 0.0922 e. The fourth-order valence-corrected chi connectivity index (χ4v) is 2.27. The third kappa shape index (κ3) is 3.16. The van der Waals surface area contributed by atoms with Gasteiger partial charge in [-0.25, -0.2) is 4.98 Å². The maximum absolute atomic E-state index is 9.03. The van der Waals surface area contributed by atoms with Crippen LogP contribution >= 0.6 is 11.3 Å². The van der Waals surface area contributed by atoms with E-state index < -0.39 is 0 Å². The molecule has 0 radical (unpaired) electrons. The fraction of sp³-hybridized carbons (Fsp3) is 0.364. The van der Waals surface area contributed by atoms with Crippen molar-refractivity contribution in [3.63, 3.8) is 0 Å². The van der Waals surface area contributed by atoms with Crippen molar-refractivity contribution in [3.8, 4) is 0 Å². The predicted molar refractivity (Wildman–Crippen MR) is 64.1 cm³/mol. The van der Waals surface area contributed by atoms with E-state index in [1.807, 2.05) is 6.20 Å². The van der Waals surface area contributed by atoms with Crippen molar-refractivity contribution in [3.05, 3.63) is 40.6 Å². The van der Waals surface area contributed by atoms with Gasteiger partial charge in [-0.15, -0.1) is 0 Å². The summed E-state index contributed by atoms with van der Waals surface area (Å²) < 4.78 is 0. The second-order valence-electron chi connectivity index (χ2n) is 3.64. The summed E-state index contributed by atoms with van der Waals surface area (Å²) in [5, 5.41) is 13.2. The number of imidazole rings is 1. The molecule has 16 heavy (non-hydrogen) atoms. The molecule has 2 aromatic heterocycles. The van der Waals surface area contributed by atoms with Crippen LogP contribution in [0.3, 0.4) is 0 Å². The molecule has 2 N–H and O–H groups in total. The van der Waals surface area contributed by atoms with Gasteiger partial charge in [0, 0.05) is 31.5 Å². The van der Waals surface area contributed by atoms with Gasteiger partial charge in [0.25, 0.3) is 0 Å². The van der Waals surface area contributed by atoms with Gasteiger partial charge in [-0.1, -0.05) is 0 Å². The van der Waals surface area contributed by atoms with E-state index in [-0.39, 0.29) is 6.61 Å². The highest BCUT2D eigenvalue weighted by Crippen LogP contribution is 2.11. The number of nitrogens with one attached hydrogen (secondary N) is 1. The Labute approximate surface area is 98.6 Å². The average Bonchev–Trinajstić information content (AvgIpc) is 2.91. The summed E-state index contributed by atoms with van der Waals surface area (Å²) in [7, 11) is 0. The van der Waals surface area contributed by atoms with E-state index in [0.29, 0.717) is 6.54 Å². The Morgan fingerprint density at radius 1 is 1.44 bits per heavy atom. The number of H-pyrrole nitrogens is 1. The summed E-state index contributed by atoms with van der Waals surface area (Å²) in [4.78, 5) is 9.25. The number of thiophene rings is 1. The fourth-order valence-electron chi connectivity index (χ4n) is 1.61. The highest BCUT2D eigenvalue weighted by Gasteiger charge is 2.07. The van der Waals surface area contributed by atoms with Gasteiger partial charge >= 0.3 is 0 Å². The molecule has 5 heteroatoms. The molecule has 0 aliphatic carbocycles. The lowest BCUT2D eigenvalue weighted by Crippen LogP contribution is -2.26. The van der Waals surface area contributed by atoms with Gasteiger partial charge in [0.1, 0.15) is 0 Å². The van der Waals surface area contributed by atoms with E-state index in [1.165, 1.54) is 5.56 Å². The smallest absolute Gasteiger partial charge is 0.0922 e. The molecule has 0 unspecified atom stereocenters. The van der Waals surface area contributed by atoms with E-state index in [0.717, 1.165) is 18.8 Å². The molecule has 0 aliphatic rings. The van der Waals surface area contributed by atoms with Crippen molar-refractivity contribution in [2.45, 2.75) is 13.1 Å². The number of nitrogens with zero attached hydrogens (tertiary/aromatic N) is 2. The zero-order chi connectivity index (χ0) is 11.2. The topological polar surface area (TPSA) is 52.1 Å². The maximum atomic E-state index is 9.03. The molecule has 0 spiro atoms. The van der Waals surface area contributed by atoms with Crippen LogP contribution in [0.25, 0.3) is 0 Å². The molecule has 0 amide bonds. The van der Waals surface area contributed by atoms with Crippen LogP contribution in [0.15, 0.2) is 29.4 Å². The minimum Gasteiger partial charge on any atom is -0.395 e. The molecule has 0 saturated heterocycles. The monoisotopic (exact) mass is 237 g/mol. The van der Waals surface area contributed by atoms with Crippen molar-refractivity contribution < 1.29 is 5.11 Å². The van der Waals surface area contributed by atoms with Gasteiger partial charge in [0.05, 0.1) is 12.9 Å². The first-order valence-electron chi connectivity index (χ1n) is 5.20. The molecule has 0 fully saturated rings. The molecule has 0 atom stereocenters. The minimum absolute atomic E-state index is 0.179. The highest BCUT2D eigenvalue weighted by atomic mass is 32.1. The first-order chi connectivity index (χ1) is 7.88. The van der Waals surface area contributed by atoms with Gasteiger partial charge in [0.15, 0.2) is 0 Å². The third-order valence-electron chi connectivity index (χ3n) is 2.35. The first kappa shape index (κ1) is 11.3. The predicted octanol–water partition coefficient (Wildman–Crippen LogP) is 1.47. The standard InChI is InChI=1S/C11H15N3OS/c15-3-2-14(6-10-1-4-16-8-10)7-11-5-12-9-13-11/h1,4-5,8-9,15H,2-3,6-7H2,(H,12,13). The number of hydrogen-bond donors (Lipinski definition) is 2. The van der Waals surface area contributed by atoms with Crippen molar-refractivity contribution in [2.75, 3.05) is 13.2 Å². The first-order valence-corrected chi connectivity index (χ1v) is 6.14. The van der Waals surface area contributed by atoms with Crippen LogP contribution in [-0.4, -0.2) is 33.1 Å². The second kappa shape index (κ2) is 5.79. The molecule has 2 heterocycles. The highest BCUT2D eigenvalue weighted by molar-refractivity contribution is 7.07. The molecule has 2 rings (SSSR count). The molecular weight excluding hydrogens is 222 g/mol. The number of aromatic nitrogens is 2. The summed E-state index contributed by atoms with van der Waals surface area (Å²) in [6.45, 7) is 2.51. The van der Waals surface area contributed by atoms with E-state index in [2.05, 4.69) is 31.7 Å². The van der Waals surface area contributed by atoms with Gasteiger partial charge in [-0.05, 0) is 22.4 Å². The molecular formula is C11H15N3OS. The zero-order valence-electron chi connectivity index (χ0n) is 8.97. The largest absolute Gasteiger partial charge is 0.395 e. The summed E-state index contributed by atoms with van der Waals surface area (Å²) in [6, 6.07) is 2.11. The second-order valence-corrected chi connectivity index (χ2v) is 4.42. The Morgan fingerprint density at radius 2 is 2.38 bits per heavy atom. The summed E-state index contributed by atoms with van der Waals surface area (Å²) in [5.74, 6) is 0. The van der Waals surface area contributed by atoms with Crippen LogP contribution in [-0.2, 0) is 13.1 Å². The zero-order valence-corrected chi connectivity index (χ0v) is 9.78. The van der Waals surface area contributed by atoms with Crippen LogP contribution in [0.1, 0.15) is 11.3 Å². The molecule has 0 bridgehead atoms.